The van der Waals surface area contributed by atoms with Crippen LogP contribution in [0.1, 0.15) is 45.4 Å². The van der Waals surface area contributed by atoms with Gasteiger partial charge in [-0.2, -0.15) is 0 Å². The van der Waals surface area contributed by atoms with Crippen molar-refractivity contribution in [2.45, 2.75) is 41.0 Å². The number of rotatable bonds is 3. The molecule has 2 rings (SSSR count). The Morgan fingerprint density at radius 2 is 1.79 bits per heavy atom. The van der Waals surface area contributed by atoms with Crippen LogP contribution in [0.4, 0.5) is 0 Å². The summed E-state index contributed by atoms with van der Waals surface area (Å²) in [6, 6.07) is 6.44. The van der Waals surface area contributed by atoms with E-state index < -0.39 is 0 Å². The molecule has 1 heterocycles. The zero-order valence-electron chi connectivity index (χ0n) is 12.4. The van der Waals surface area contributed by atoms with Gasteiger partial charge in [0.25, 0.3) is 0 Å². The van der Waals surface area contributed by atoms with Gasteiger partial charge in [-0.1, -0.05) is 24.6 Å². The first-order chi connectivity index (χ1) is 9.01. The van der Waals surface area contributed by atoms with Crippen LogP contribution < -0.4 is 0 Å². The van der Waals surface area contributed by atoms with E-state index in [2.05, 4.69) is 50.5 Å². The number of aromatic nitrogens is 1. The lowest BCUT2D eigenvalue weighted by Crippen LogP contribution is -2.02. The maximum atomic E-state index is 11.3. The van der Waals surface area contributed by atoms with Crippen molar-refractivity contribution in [1.82, 2.24) is 4.57 Å². The van der Waals surface area contributed by atoms with Gasteiger partial charge in [-0.05, 0) is 51.3 Å². The van der Waals surface area contributed by atoms with Crippen LogP contribution in [0.5, 0.6) is 0 Å². The number of nitrogens with zero attached hydrogens (tertiary/aromatic N) is 1. The van der Waals surface area contributed by atoms with Crippen LogP contribution in [0.3, 0.4) is 0 Å². The van der Waals surface area contributed by atoms with Gasteiger partial charge in [0, 0.05) is 22.6 Å². The van der Waals surface area contributed by atoms with E-state index >= 15 is 0 Å². The molecule has 0 unspecified atom stereocenters. The molecule has 1 aromatic carbocycles. The van der Waals surface area contributed by atoms with Gasteiger partial charge in [0.2, 0.25) is 0 Å². The highest BCUT2D eigenvalue weighted by Gasteiger charge is 2.17. The van der Waals surface area contributed by atoms with Gasteiger partial charge in [-0.3, -0.25) is 4.79 Å². The minimum absolute atomic E-state index is 0.847. The second-order valence-electron chi connectivity index (χ2n) is 5.16. The Hall–Kier alpha value is -1.83. The first-order valence-corrected chi connectivity index (χ1v) is 6.74. The molecule has 100 valence electrons. The van der Waals surface area contributed by atoms with Crippen molar-refractivity contribution in [3.8, 4) is 5.69 Å². The van der Waals surface area contributed by atoms with Crippen molar-refractivity contribution in [1.29, 1.82) is 0 Å². The van der Waals surface area contributed by atoms with Gasteiger partial charge >= 0.3 is 0 Å². The number of aldehydes is 1. The molecule has 0 bridgehead atoms. The fourth-order valence-electron chi connectivity index (χ4n) is 2.94. The molecule has 0 N–H and O–H groups in total. The molecule has 2 nitrogen and oxygen atoms in total. The van der Waals surface area contributed by atoms with Crippen LogP contribution in [0.25, 0.3) is 5.69 Å². The lowest BCUT2D eigenvalue weighted by molar-refractivity contribution is 0.112. The van der Waals surface area contributed by atoms with E-state index in [1.807, 2.05) is 6.92 Å². The lowest BCUT2D eigenvalue weighted by atomic mass is 10.1. The van der Waals surface area contributed by atoms with Crippen molar-refractivity contribution in [2.24, 2.45) is 0 Å². The lowest BCUT2D eigenvalue weighted by Gasteiger charge is -2.13. The van der Waals surface area contributed by atoms with Crippen molar-refractivity contribution in [2.75, 3.05) is 0 Å². The minimum Gasteiger partial charge on any atom is -0.317 e. The number of hydrogen-bond donors (Lipinski definition) is 0. The fourth-order valence-corrected chi connectivity index (χ4v) is 2.94. The number of carbonyl (C=O) groups is 1. The summed E-state index contributed by atoms with van der Waals surface area (Å²) in [6.45, 7) is 10.4. The molecule has 2 heteroatoms. The summed E-state index contributed by atoms with van der Waals surface area (Å²) in [5.74, 6) is 0. The molecule has 0 spiro atoms. The van der Waals surface area contributed by atoms with E-state index in [0.29, 0.717) is 0 Å². The highest BCUT2D eigenvalue weighted by Crippen LogP contribution is 2.27. The molecule has 2 aromatic rings. The third-order valence-corrected chi connectivity index (χ3v) is 3.89. The van der Waals surface area contributed by atoms with Crippen molar-refractivity contribution >= 4 is 6.29 Å². The van der Waals surface area contributed by atoms with Crippen LogP contribution in [-0.2, 0) is 6.42 Å². The Kier molecular flexibility index (Phi) is 3.61. The minimum atomic E-state index is 0.847. The number of benzene rings is 1. The number of carbonyl (C=O) groups excluding carboxylic acids is 1. The van der Waals surface area contributed by atoms with Gasteiger partial charge in [0.1, 0.15) is 0 Å². The highest BCUT2D eigenvalue weighted by molar-refractivity contribution is 5.81. The zero-order chi connectivity index (χ0) is 14.2. The summed E-state index contributed by atoms with van der Waals surface area (Å²) in [6.07, 6.45) is 1.87. The fraction of sp³-hybridized carbons (Fsp3) is 0.353. The Morgan fingerprint density at radius 3 is 2.26 bits per heavy atom. The normalized spacial score (nSPS) is 10.8. The largest absolute Gasteiger partial charge is 0.317 e. The average Bonchev–Trinajstić information content (AvgIpc) is 2.61. The Morgan fingerprint density at radius 1 is 1.11 bits per heavy atom. The molecule has 19 heavy (non-hydrogen) atoms. The van der Waals surface area contributed by atoms with Gasteiger partial charge in [-0.15, -0.1) is 0 Å². The second-order valence-corrected chi connectivity index (χ2v) is 5.16. The SMILES string of the molecule is CCc1c(C=O)c(C)n(-c2ccc(C)cc2C)c1C. The highest BCUT2D eigenvalue weighted by atomic mass is 16.1. The summed E-state index contributed by atoms with van der Waals surface area (Å²) in [5.41, 5.74) is 7.89. The predicted octanol–water partition coefficient (Wildman–Crippen LogP) is 4.09. The Balaban J connectivity index is 2.75. The van der Waals surface area contributed by atoms with Crippen molar-refractivity contribution in [3.05, 3.63) is 51.8 Å². The van der Waals surface area contributed by atoms with E-state index in [0.717, 1.165) is 29.5 Å². The van der Waals surface area contributed by atoms with E-state index in [1.165, 1.54) is 22.5 Å². The van der Waals surface area contributed by atoms with Gasteiger partial charge in [0.05, 0.1) is 0 Å². The molecule has 0 fully saturated rings. The van der Waals surface area contributed by atoms with Crippen molar-refractivity contribution in [3.63, 3.8) is 0 Å². The van der Waals surface area contributed by atoms with Crippen LogP contribution >= 0.6 is 0 Å². The third kappa shape index (κ3) is 2.12. The Labute approximate surface area is 115 Å². The van der Waals surface area contributed by atoms with Crippen LogP contribution in [0.2, 0.25) is 0 Å². The monoisotopic (exact) mass is 255 g/mol. The number of hydrogen-bond acceptors (Lipinski definition) is 1. The second kappa shape index (κ2) is 5.04. The zero-order valence-corrected chi connectivity index (χ0v) is 12.4. The van der Waals surface area contributed by atoms with Gasteiger partial charge < -0.3 is 4.57 Å². The number of aryl methyl sites for hydroxylation is 2. The van der Waals surface area contributed by atoms with E-state index in [1.54, 1.807) is 0 Å². The molecule has 0 amide bonds. The van der Waals surface area contributed by atoms with Gasteiger partial charge in [-0.25, -0.2) is 0 Å². The molecule has 0 aliphatic heterocycles. The summed E-state index contributed by atoms with van der Waals surface area (Å²) in [5, 5.41) is 0. The molecule has 0 aliphatic carbocycles. The summed E-state index contributed by atoms with van der Waals surface area (Å²) in [4.78, 5) is 11.3. The average molecular weight is 255 g/mol. The van der Waals surface area contributed by atoms with E-state index in [-0.39, 0.29) is 0 Å². The third-order valence-electron chi connectivity index (χ3n) is 3.89. The first kappa shape index (κ1) is 13.6. The van der Waals surface area contributed by atoms with Crippen molar-refractivity contribution < 1.29 is 4.79 Å². The molecule has 0 saturated heterocycles. The first-order valence-electron chi connectivity index (χ1n) is 6.74. The Bertz CT molecular complexity index is 635. The summed E-state index contributed by atoms with van der Waals surface area (Å²) < 4.78 is 2.21. The predicted molar refractivity (Wildman–Crippen MR) is 79.5 cm³/mol. The molecule has 0 aliphatic rings. The standard InChI is InChI=1S/C17H21NO/c1-6-15-13(4)18(14(5)16(15)10-19)17-8-7-11(2)9-12(17)3/h7-10H,6H2,1-5H3. The quantitative estimate of drug-likeness (QED) is 0.757. The topological polar surface area (TPSA) is 22.0 Å². The maximum absolute atomic E-state index is 11.3. The molecule has 0 radical (unpaired) electrons. The molecular weight excluding hydrogens is 234 g/mol. The van der Waals surface area contributed by atoms with E-state index in [4.69, 9.17) is 0 Å². The summed E-state index contributed by atoms with van der Waals surface area (Å²) in [7, 11) is 0. The summed E-state index contributed by atoms with van der Waals surface area (Å²) >= 11 is 0. The van der Waals surface area contributed by atoms with Crippen LogP contribution in [0, 0.1) is 27.7 Å². The van der Waals surface area contributed by atoms with Gasteiger partial charge in [0.15, 0.2) is 6.29 Å². The van der Waals surface area contributed by atoms with Crippen LogP contribution in [-0.4, -0.2) is 10.9 Å². The molecule has 1 aromatic heterocycles. The molecular formula is C17H21NO. The maximum Gasteiger partial charge on any atom is 0.152 e. The molecule has 0 saturated carbocycles. The van der Waals surface area contributed by atoms with Crippen LogP contribution in [0.15, 0.2) is 18.2 Å². The molecule has 0 atom stereocenters. The van der Waals surface area contributed by atoms with E-state index in [9.17, 15) is 4.79 Å². The smallest absolute Gasteiger partial charge is 0.152 e.